The second kappa shape index (κ2) is 10.3. The summed E-state index contributed by atoms with van der Waals surface area (Å²) in [6, 6.07) is 20.9. The molecular weight excluding hydrogens is 385 g/mol. The molecule has 3 rings (SSSR count). The predicted octanol–water partition coefficient (Wildman–Crippen LogP) is 5.21. The van der Waals surface area contributed by atoms with E-state index in [1.54, 1.807) is 18.2 Å². The standard InChI is InChI=1S/C24H24FNO4/c1-17(2)30-21-13-12-19(25)14-20(21)26-24(27)16-29-23-11-7-6-10-22(23)28-15-18-8-4-3-5-9-18/h3-14,17H,15-16H2,1-2H3,(H,26,27). The lowest BCUT2D eigenvalue weighted by Gasteiger charge is -2.16. The topological polar surface area (TPSA) is 56.8 Å². The summed E-state index contributed by atoms with van der Waals surface area (Å²) in [6.07, 6.45) is -0.115. The normalized spacial score (nSPS) is 10.5. The van der Waals surface area contributed by atoms with Gasteiger partial charge in [0.2, 0.25) is 0 Å². The van der Waals surface area contributed by atoms with Crippen molar-refractivity contribution < 1.29 is 23.4 Å². The van der Waals surface area contributed by atoms with Crippen molar-refractivity contribution in [3.05, 3.63) is 84.2 Å². The van der Waals surface area contributed by atoms with Gasteiger partial charge in [-0.1, -0.05) is 42.5 Å². The van der Waals surface area contributed by atoms with Crippen LogP contribution in [0.4, 0.5) is 10.1 Å². The van der Waals surface area contributed by atoms with Gasteiger partial charge in [0.15, 0.2) is 18.1 Å². The van der Waals surface area contributed by atoms with Crippen LogP contribution >= 0.6 is 0 Å². The third-order valence-electron chi connectivity index (χ3n) is 4.02. The van der Waals surface area contributed by atoms with Crippen molar-refractivity contribution in [2.24, 2.45) is 0 Å². The minimum atomic E-state index is -0.470. The summed E-state index contributed by atoms with van der Waals surface area (Å²) in [5.74, 6) is 0.464. The van der Waals surface area contributed by atoms with Crippen LogP contribution < -0.4 is 19.5 Å². The van der Waals surface area contributed by atoms with E-state index in [0.717, 1.165) is 5.56 Å². The fourth-order valence-electron chi connectivity index (χ4n) is 2.71. The fraction of sp³-hybridized carbons (Fsp3) is 0.208. The molecule has 3 aromatic rings. The monoisotopic (exact) mass is 409 g/mol. The Hall–Kier alpha value is -3.54. The molecule has 30 heavy (non-hydrogen) atoms. The highest BCUT2D eigenvalue weighted by Crippen LogP contribution is 2.28. The summed E-state index contributed by atoms with van der Waals surface area (Å²) < 4.78 is 30.7. The fourth-order valence-corrected chi connectivity index (χ4v) is 2.71. The van der Waals surface area contributed by atoms with Crippen LogP contribution in [0.2, 0.25) is 0 Å². The van der Waals surface area contributed by atoms with E-state index < -0.39 is 11.7 Å². The number of benzene rings is 3. The predicted molar refractivity (Wildman–Crippen MR) is 114 cm³/mol. The van der Waals surface area contributed by atoms with E-state index in [4.69, 9.17) is 14.2 Å². The second-order valence-electron chi connectivity index (χ2n) is 6.86. The second-order valence-corrected chi connectivity index (χ2v) is 6.86. The van der Waals surface area contributed by atoms with E-state index in [1.807, 2.05) is 50.2 Å². The Bertz CT molecular complexity index is 976. The molecule has 156 valence electrons. The molecule has 1 N–H and O–H groups in total. The van der Waals surface area contributed by atoms with Gasteiger partial charge in [0.25, 0.3) is 5.91 Å². The highest BCUT2D eigenvalue weighted by atomic mass is 19.1. The number of rotatable bonds is 9. The molecule has 0 radical (unpaired) electrons. The first-order valence-electron chi connectivity index (χ1n) is 9.66. The highest BCUT2D eigenvalue weighted by molar-refractivity contribution is 5.93. The lowest BCUT2D eigenvalue weighted by molar-refractivity contribution is -0.118. The van der Waals surface area contributed by atoms with Crippen LogP contribution in [0.25, 0.3) is 0 Å². The Labute approximate surface area is 175 Å². The maximum atomic E-state index is 13.6. The Kier molecular flexibility index (Phi) is 7.27. The number of ether oxygens (including phenoxy) is 3. The van der Waals surface area contributed by atoms with Crippen LogP contribution in [0.15, 0.2) is 72.8 Å². The van der Waals surface area contributed by atoms with Gasteiger partial charge in [0.05, 0.1) is 11.8 Å². The zero-order valence-corrected chi connectivity index (χ0v) is 16.9. The molecular formula is C24H24FNO4. The molecule has 0 heterocycles. The third kappa shape index (κ3) is 6.24. The first kappa shape index (κ1) is 21.2. The summed E-state index contributed by atoms with van der Waals surface area (Å²) in [6.45, 7) is 3.82. The van der Waals surface area contributed by atoms with Crippen LogP contribution in [-0.4, -0.2) is 18.6 Å². The largest absolute Gasteiger partial charge is 0.489 e. The van der Waals surface area contributed by atoms with Crippen molar-refractivity contribution in [3.8, 4) is 17.2 Å². The van der Waals surface area contributed by atoms with Crippen molar-refractivity contribution in [3.63, 3.8) is 0 Å². The molecule has 1 amide bonds. The van der Waals surface area contributed by atoms with Gasteiger partial charge >= 0.3 is 0 Å². The maximum absolute atomic E-state index is 13.6. The molecule has 0 fully saturated rings. The smallest absolute Gasteiger partial charge is 0.262 e. The molecule has 0 saturated carbocycles. The Morgan fingerprint density at radius 1 is 0.900 bits per heavy atom. The van der Waals surface area contributed by atoms with E-state index in [-0.39, 0.29) is 18.4 Å². The average Bonchev–Trinajstić information content (AvgIpc) is 2.74. The van der Waals surface area contributed by atoms with Gasteiger partial charge in [-0.05, 0) is 43.7 Å². The van der Waals surface area contributed by atoms with E-state index in [2.05, 4.69) is 5.32 Å². The quantitative estimate of drug-likeness (QED) is 0.527. The van der Waals surface area contributed by atoms with E-state index >= 15 is 0 Å². The molecule has 0 aliphatic rings. The van der Waals surface area contributed by atoms with Crippen LogP contribution in [-0.2, 0) is 11.4 Å². The van der Waals surface area contributed by atoms with Crippen LogP contribution in [0.1, 0.15) is 19.4 Å². The van der Waals surface area contributed by atoms with Crippen molar-refractivity contribution in [2.75, 3.05) is 11.9 Å². The SMILES string of the molecule is CC(C)Oc1ccc(F)cc1NC(=O)COc1ccccc1OCc1ccccc1. The molecule has 0 aliphatic carbocycles. The lowest BCUT2D eigenvalue weighted by Crippen LogP contribution is -2.21. The number of amides is 1. The van der Waals surface area contributed by atoms with Gasteiger partial charge in [-0.15, -0.1) is 0 Å². The Balaban J connectivity index is 1.61. The first-order chi connectivity index (χ1) is 14.5. The summed E-state index contributed by atoms with van der Waals surface area (Å²) in [7, 11) is 0. The lowest BCUT2D eigenvalue weighted by atomic mass is 10.2. The van der Waals surface area contributed by atoms with E-state index in [1.165, 1.54) is 18.2 Å². The zero-order chi connectivity index (χ0) is 21.3. The summed E-state index contributed by atoms with van der Waals surface area (Å²) in [5, 5.41) is 2.63. The molecule has 0 unspecified atom stereocenters. The molecule has 0 spiro atoms. The van der Waals surface area contributed by atoms with Gasteiger partial charge in [0, 0.05) is 6.07 Å². The third-order valence-corrected chi connectivity index (χ3v) is 4.02. The summed E-state index contributed by atoms with van der Waals surface area (Å²) in [5.41, 5.74) is 1.28. The van der Waals surface area contributed by atoms with Gasteiger partial charge in [-0.25, -0.2) is 4.39 Å². The van der Waals surface area contributed by atoms with Gasteiger partial charge in [-0.2, -0.15) is 0 Å². The number of hydrogen-bond acceptors (Lipinski definition) is 4. The number of carbonyl (C=O) groups is 1. The van der Waals surface area contributed by atoms with Gasteiger partial charge in [-0.3, -0.25) is 4.79 Å². The van der Waals surface area contributed by atoms with Crippen molar-refractivity contribution in [2.45, 2.75) is 26.6 Å². The molecule has 3 aromatic carbocycles. The summed E-state index contributed by atoms with van der Waals surface area (Å²) in [4.78, 5) is 12.4. The van der Waals surface area contributed by atoms with Gasteiger partial charge < -0.3 is 19.5 Å². The minimum absolute atomic E-state index is 0.115. The van der Waals surface area contributed by atoms with Crippen molar-refractivity contribution in [1.29, 1.82) is 0 Å². The van der Waals surface area contributed by atoms with Crippen LogP contribution in [0.5, 0.6) is 17.2 Å². The Morgan fingerprint density at radius 3 is 2.27 bits per heavy atom. The first-order valence-corrected chi connectivity index (χ1v) is 9.66. The molecule has 6 heteroatoms. The average molecular weight is 409 g/mol. The number of halogens is 1. The van der Waals surface area contributed by atoms with Gasteiger partial charge in [0.1, 0.15) is 18.2 Å². The Morgan fingerprint density at radius 2 is 1.57 bits per heavy atom. The van der Waals surface area contributed by atoms with E-state index in [0.29, 0.717) is 23.9 Å². The van der Waals surface area contributed by atoms with Crippen molar-refractivity contribution >= 4 is 11.6 Å². The van der Waals surface area contributed by atoms with E-state index in [9.17, 15) is 9.18 Å². The molecule has 5 nitrogen and oxygen atoms in total. The number of hydrogen-bond donors (Lipinski definition) is 1. The summed E-state index contributed by atoms with van der Waals surface area (Å²) >= 11 is 0. The minimum Gasteiger partial charge on any atom is -0.489 e. The zero-order valence-electron chi connectivity index (χ0n) is 16.9. The molecule has 0 atom stereocenters. The molecule has 0 aliphatic heterocycles. The van der Waals surface area contributed by atoms with Crippen LogP contribution in [0, 0.1) is 5.82 Å². The van der Waals surface area contributed by atoms with Crippen LogP contribution in [0.3, 0.4) is 0 Å². The molecule has 0 aromatic heterocycles. The maximum Gasteiger partial charge on any atom is 0.262 e. The number of para-hydroxylation sites is 2. The number of anilines is 1. The molecule has 0 bridgehead atoms. The number of carbonyl (C=O) groups excluding carboxylic acids is 1. The van der Waals surface area contributed by atoms with Crippen molar-refractivity contribution in [1.82, 2.24) is 0 Å². The molecule has 0 saturated heterocycles. The number of nitrogens with one attached hydrogen (secondary N) is 1. The highest BCUT2D eigenvalue weighted by Gasteiger charge is 2.13.